The Bertz CT molecular complexity index is 584. The van der Waals surface area contributed by atoms with Gasteiger partial charge in [0.2, 0.25) is 0 Å². The van der Waals surface area contributed by atoms with Crippen molar-refractivity contribution < 1.29 is 14.6 Å². The van der Waals surface area contributed by atoms with Crippen LogP contribution in [-0.4, -0.2) is 24.7 Å². The predicted molar refractivity (Wildman–Crippen MR) is 81.0 cm³/mol. The number of hydrogen-bond acceptors (Lipinski definition) is 3. The summed E-state index contributed by atoms with van der Waals surface area (Å²) in [5.74, 6) is 0.0669. The lowest BCUT2D eigenvalue weighted by Crippen LogP contribution is -2.31. The monoisotopic (exact) mass is 285 g/mol. The number of rotatable bonds is 6. The normalized spacial score (nSPS) is 11.9. The van der Waals surface area contributed by atoms with Crippen LogP contribution in [0, 0.1) is 0 Å². The van der Waals surface area contributed by atoms with Crippen LogP contribution in [0.2, 0.25) is 0 Å². The van der Waals surface area contributed by atoms with Crippen molar-refractivity contribution in [1.29, 1.82) is 0 Å². The first-order valence-electron chi connectivity index (χ1n) is 6.84. The largest absolute Gasteiger partial charge is 0.508 e. The minimum Gasteiger partial charge on any atom is -0.508 e. The fraction of sp³-hybridized carbons (Fsp3) is 0.235. The van der Waals surface area contributed by atoms with Gasteiger partial charge in [-0.2, -0.15) is 0 Å². The van der Waals surface area contributed by atoms with Crippen LogP contribution in [0.3, 0.4) is 0 Å². The van der Waals surface area contributed by atoms with Gasteiger partial charge in [-0.25, -0.2) is 0 Å². The molecule has 0 saturated heterocycles. The molecule has 21 heavy (non-hydrogen) atoms. The van der Waals surface area contributed by atoms with Crippen LogP contribution < -0.4 is 5.32 Å². The summed E-state index contributed by atoms with van der Waals surface area (Å²) >= 11 is 0. The molecule has 2 N–H and O–H groups in total. The van der Waals surface area contributed by atoms with E-state index in [1.54, 1.807) is 12.1 Å². The number of nitrogens with one attached hydrogen (secondary N) is 1. The van der Waals surface area contributed by atoms with E-state index in [9.17, 15) is 9.90 Å². The first-order valence-corrected chi connectivity index (χ1v) is 6.84. The molecule has 0 heterocycles. The van der Waals surface area contributed by atoms with E-state index in [0.717, 1.165) is 11.1 Å². The minimum atomic E-state index is -0.615. The summed E-state index contributed by atoms with van der Waals surface area (Å²) in [7, 11) is 1.51. The average Bonchev–Trinajstić information content (AvgIpc) is 2.51. The maximum Gasteiger partial charge on any atom is 0.253 e. The molecular weight excluding hydrogens is 266 g/mol. The molecule has 0 aliphatic carbocycles. The molecule has 0 radical (unpaired) electrons. The molecule has 0 aliphatic rings. The second kappa shape index (κ2) is 7.45. The van der Waals surface area contributed by atoms with Crippen LogP contribution in [0.4, 0.5) is 0 Å². The Labute approximate surface area is 124 Å². The molecule has 4 heteroatoms. The van der Waals surface area contributed by atoms with Crippen molar-refractivity contribution in [2.75, 3.05) is 13.7 Å². The standard InChI is InChI=1S/C17H19NO3/c1-21-16(14-8-3-2-4-9-14)17(20)18-12-11-13-7-5-6-10-15(13)19/h2-10,16,19H,11-12H2,1H3,(H,18,20). The molecular formula is C17H19NO3. The number of methoxy groups -OCH3 is 1. The van der Waals surface area contributed by atoms with Gasteiger partial charge in [-0.3, -0.25) is 4.79 Å². The van der Waals surface area contributed by atoms with Crippen LogP contribution in [0.5, 0.6) is 5.75 Å². The zero-order valence-corrected chi connectivity index (χ0v) is 12.0. The molecule has 1 unspecified atom stereocenters. The minimum absolute atomic E-state index is 0.181. The van der Waals surface area contributed by atoms with Crippen LogP contribution in [0.25, 0.3) is 0 Å². The van der Waals surface area contributed by atoms with Crippen LogP contribution in [-0.2, 0) is 16.0 Å². The lowest BCUT2D eigenvalue weighted by atomic mass is 10.1. The summed E-state index contributed by atoms with van der Waals surface area (Å²) in [5, 5.41) is 12.5. The van der Waals surface area contributed by atoms with E-state index in [0.29, 0.717) is 13.0 Å². The van der Waals surface area contributed by atoms with E-state index >= 15 is 0 Å². The molecule has 0 fully saturated rings. The fourth-order valence-electron chi connectivity index (χ4n) is 2.16. The number of phenolic OH excluding ortho intramolecular Hbond substituents is 1. The molecule has 0 aliphatic heterocycles. The van der Waals surface area contributed by atoms with Gasteiger partial charge in [-0.15, -0.1) is 0 Å². The number of ether oxygens (including phenoxy) is 1. The van der Waals surface area contributed by atoms with Crippen molar-refractivity contribution in [2.45, 2.75) is 12.5 Å². The third-order valence-electron chi connectivity index (χ3n) is 3.26. The number of para-hydroxylation sites is 1. The Hall–Kier alpha value is -2.33. The van der Waals surface area contributed by atoms with E-state index < -0.39 is 6.10 Å². The van der Waals surface area contributed by atoms with Crippen LogP contribution >= 0.6 is 0 Å². The maximum atomic E-state index is 12.2. The molecule has 1 atom stereocenters. The Balaban J connectivity index is 1.90. The van der Waals surface area contributed by atoms with Gasteiger partial charge >= 0.3 is 0 Å². The molecule has 110 valence electrons. The maximum absolute atomic E-state index is 12.2. The average molecular weight is 285 g/mol. The summed E-state index contributed by atoms with van der Waals surface area (Å²) in [6.45, 7) is 0.448. The Morgan fingerprint density at radius 1 is 1.14 bits per heavy atom. The summed E-state index contributed by atoms with van der Waals surface area (Å²) < 4.78 is 5.26. The van der Waals surface area contributed by atoms with E-state index in [-0.39, 0.29) is 11.7 Å². The van der Waals surface area contributed by atoms with Gasteiger partial charge in [0.15, 0.2) is 6.10 Å². The second-order valence-electron chi connectivity index (χ2n) is 4.70. The molecule has 0 aromatic heterocycles. The third-order valence-corrected chi connectivity index (χ3v) is 3.26. The summed E-state index contributed by atoms with van der Waals surface area (Å²) in [4.78, 5) is 12.2. The van der Waals surface area contributed by atoms with Gasteiger partial charge in [-0.1, -0.05) is 48.5 Å². The highest BCUT2D eigenvalue weighted by molar-refractivity contribution is 5.82. The molecule has 0 bridgehead atoms. The van der Waals surface area contributed by atoms with Gasteiger partial charge in [0.25, 0.3) is 5.91 Å². The molecule has 4 nitrogen and oxygen atoms in total. The lowest BCUT2D eigenvalue weighted by Gasteiger charge is -2.15. The quantitative estimate of drug-likeness (QED) is 0.857. The van der Waals surface area contributed by atoms with Crippen molar-refractivity contribution in [3.05, 3.63) is 65.7 Å². The highest BCUT2D eigenvalue weighted by Crippen LogP contribution is 2.17. The molecule has 0 saturated carbocycles. The van der Waals surface area contributed by atoms with E-state index in [2.05, 4.69) is 5.32 Å². The second-order valence-corrected chi connectivity index (χ2v) is 4.70. The van der Waals surface area contributed by atoms with Crippen molar-refractivity contribution in [3.63, 3.8) is 0 Å². The molecule has 2 aromatic rings. The van der Waals surface area contributed by atoms with Crippen LogP contribution in [0.1, 0.15) is 17.2 Å². The zero-order valence-electron chi connectivity index (χ0n) is 12.0. The third kappa shape index (κ3) is 4.07. The fourth-order valence-corrected chi connectivity index (χ4v) is 2.16. The van der Waals surface area contributed by atoms with Crippen molar-refractivity contribution >= 4 is 5.91 Å². The van der Waals surface area contributed by atoms with E-state index in [4.69, 9.17) is 4.74 Å². The molecule has 2 rings (SSSR count). The Morgan fingerprint density at radius 2 is 1.81 bits per heavy atom. The number of hydrogen-bond donors (Lipinski definition) is 2. The molecule has 2 aromatic carbocycles. The number of aromatic hydroxyl groups is 1. The number of carbonyl (C=O) groups excluding carboxylic acids is 1. The van der Waals surface area contributed by atoms with Crippen molar-refractivity contribution in [1.82, 2.24) is 5.32 Å². The lowest BCUT2D eigenvalue weighted by molar-refractivity contribution is -0.131. The zero-order chi connectivity index (χ0) is 15.1. The van der Waals surface area contributed by atoms with Crippen molar-refractivity contribution in [3.8, 4) is 5.75 Å². The number of benzene rings is 2. The van der Waals surface area contributed by atoms with E-state index in [1.165, 1.54) is 7.11 Å². The van der Waals surface area contributed by atoms with Gasteiger partial charge in [0, 0.05) is 13.7 Å². The number of phenols is 1. The number of carbonyl (C=O) groups is 1. The van der Waals surface area contributed by atoms with Crippen molar-refractivity contribution in [2.24, 2.45) is 0 Å². The first kappa shape index (κ1) is 15.1. The van der Waals surface area contributed by atoms with E-state index in [1.807, 2.05) is 42.5 Å². The van der Waals surface area contributed by atoms with Gasteiger partial charge in [-0.05, 0) is 23.6 Å². The predicted octanol–water partition coefficient (Wildman–Crippen LogP) is 2.44. The number of amides is 1. The Morgan fingerprint density at radius 3 is 2.48 bits per heavy atom. The highest BCUT2D eigenvalue weighted by Gasteiger charge is 2.19. The summed E-state index contributed by atoms with van der Waals surface area (Å²) in [5.41, 5.74) is 1.63. The smallest absolute Gasteiger partial charge is 0.253 e. The van der Waals surface area contributed by atoms with Crippen LogP contribution in [0.15, 0.2) is 54.6 Å². The topological polar surface area (TPSA) is 58.6 Å². The first-order chi connectivity index (χ1) is 10.2. The SMILES string of the molecule is COC(C(=O)NCCc1ccccc1O)c1ccccc1. The van der Waals surface area contributed by atoms with Gasteiger partial charge < -0.3 is 15.2 Å². The highest BCUT2D eigenvalue weighted by atomic mass is 16.5. The summed E-state index contributed by atoms with van der Waals surface area (Å²) in [6.07, 6.45) is -0.0422. The van der Waals surface area contributed by atoms with Gasteiger partial charge in [0.1, 0.15) is 5.75 Å². The molecule has 0 spiro atoms. The summed E-state index contributed by atoms with van der Waals surface area (Å²) in [6, 6.07) is 16.5. The van der Waals surface area contributed by atoms with Gasteiger partial charge in [0.05, 0.1) is 0 Å². The Kier molecular flexibility index (Phi) is 5.35. The molecule has 1 amide bonds.